The second kappa shape index (κ2) is 8.99. The fourth-order valence-electron chi connectivity index (χ4n) is 3.90. The number of rotatable bonds is 5. The molecule has 2 fully saturated rings. The molecule has 1 aromatic heterocycles. The quantitative estimate of drug-likeness (QED) is 0.385. The van der Waals surface area contributed by atoms with Crippen LogP contribution < -0.4 is 10.5 Å². The molecular weight excluding hydrogens is 434 g/mol. The van der Waals surface area contributed by atoms with Crippen LogP contribution in [0.4, 0.5) is 5.69 Å². The maximum Gasteiger partial charge on any atom is 0.266 e. The Labute approximate surface area is 189 Å². The molecule has 1 aromatic carbocycles. The Bertz CT molecular complexity index is 1120. The van der Waals surface area contributed by atoms with Gasteiger partial charge in [-0.15, -0.1) is 6.58 Å². The number of hydrogen-bond donors (Lipinski definition) is 0. The van der Waals surface area contributed by atoms with Crippen LogP contribution in [0.25, 0.3) is 17.0 Å². The molecule has 1 amide bonds. The van der Waals surface area contributed by atoms with Gasteiger partial charge in [0.2, 0.25) is 0 Å². The Morgan fingerprint density at radius 1 is 1.20 bits per heavy atom. The fourth-order valence-corrected chi connectivity index (χ4v) is 6.06. The first-order valence-corrected chi connectivity index (χ1v) is 12.3. The van der Waals surface area contributed by atoms with Crippen LogP contribution in [0.3, 0.4) is 0 Å². The summed E-state index contributed by atoms with van der Waals surface area (Å²) in [5, 5.41) is 1.04. The molecule has 0 spiro atoms. The van der Waals surface area contributed by atoms with Crippen LogP contribution in [-0.2, 0) is 11.3 Å². The summed E-state index contributed by atoms with van der Waals surface area (Å²) >= 11 is 8.55. The Kier molecular flexibility index (Phi) is 6.36. The van der Waals surface area contributed by atoms with Crippen LogP contribution >= 0.6 is 35.7 Å². The number of carbonyl (C=O) groups excluding carboxylic acids is 1. The van der Waals surface area contributed by atoms with Gasteiger partial charge in [-0.2, -0.15) is 11.8 Å². The van der Waals surface area contributed by atoms with Gasteiger partial charge >= 0.3 is 0 Å². The van der Waals surface area contributed by atoms with Crippen molar-refractivity contribution in [3.8, 4) is 0 Å². The molecule has 0 N–H and O–H groups in total. The predicted octanol–water partition coefficient (Wildman–Crippen LogP) is 3.96. The zero-order valence-electron chi connectivity index (χ0n) is 16.8. The van der Waals surface area contributed by atoms with Crippen LogP contribution in [0, 0.1) is 0 Å². The lowest BCUT2D eigenvalue weighted by Crippen LogP contribution is -2.35. The Morgan fingerprint density at radius 2 is 1.93 bits per heavy atom. The molecule has 0 aliphatic carbocycles. The molecule has 2 aliphatic heterocycles. The molecule has 8 heteroatoms. The average Bonchev–Trinajstić information content (AvgIpc) is 3.03. The molecule has 0 bridgehead atoms. The van der Waals surface area contributed by atoms with Crippen molar-refractivity contribution in [2.75, 3.05) is 36.0 Å². The smallest absolute Gasteiger partial charge is 0.266 e. The number of nitrogens with zero attached hydrogens (tertiary/aromatic N) is 3. The summed E-state index contributed by atoms with van der Waals surface area (Å²) in [7, 11) is 0. The third kappa shape index (κ3) is 3.72. The second-order valence-electron chi connectivity index (χ2n) is 7.01. The summed E-state index contributed by atoms with van der Waals surface area (Å²) < 4.78 is 2.28. The van der Waals surface area contributed by atoms with Crippen molar-refractivity contribution in [1.82, 2.24) is 9.47 Å². The van der Waals surface area contributed by atoms with Crippen molar-refractivity contribution in [1.29, 1.82) is 0 Å². The first kappa shape index (κ1) is 21.2. The van der Waals surface area contributed by atoms with E-state index in [1.807, 2.05) is 36.9 Å². The number of aryl methyl sites for hydroxylation is 1. The second-order valence-corrected chi connectivity index (χ2v) is 9.91. The van der Waals surface area contributed by atoms with E-state index >= 15 is 0 Å². The van der Waals surface area contributed by atoms with Gasteiger partial charge in [-0.05, 0) is 19.1 Å². The zero-order chi connectivity index (χ0) is 21.3. The van der Waals surface area contributed by atoms with Crippen molar-refractivity contribution in [2.45, 2.75) is 13.5 Å². The van der Waals surface area contributed by atoms with Crippen LogP contribution in [0.2, 0.25) is 0 Å². The third-order valence-electron chi connectivity index (χ3n) is 5.28. The molecule has 4 rings (SSSR count). The molecule has 0 saturated carbocycles. The van der Waals surface area contributed by atoms with Crippen molar-refractivity contribution in [2.24, 2.45) is 0 Å². The van der Waals surface area contributed by atoms with Crippen LogP contribution in [0.5, 0.6) is 0 Å². The van der Waals surface area contributed by atoms with Crippen molar-refractivity contribution >= 4 is 68.6 Å². The van der Waals surface area contributed by atoms with Gasteiger partial charge in [0.1, 0.15) is 4.32 Å². The number of hydrogen-bond acceptors (Lipinski definition) is 6. The number of aromatic nitrogens is 1. The van der Waals surface area contributed by atoms with E-state index in [-0.39, 0.29) is 11.5 Å². The van der Waals surface area contributed by atoms with Crippen LogP contribution in [0.15, 0.2) is 46.6 Å². The minimum Gasteiger partial charge on any atom is -0.369 e. The number of carbonyl (C=O) groups is 1. The highest BCUT2D eigenvalue weighted by atomic mass is 32.2. The molecule has 2 aromatic rings. The highest BCUT2D eigenvalue weighted by Crippen LogP contribution is 2.36. The number of thioether (sulfide) groups is 2. The highest BCUT2D eigenvalue weighted by Gasteiger charge is 2.32. The monoisotopic (exact) mass is 457 g/mol. The van der Waals surface area contributed by atoms with Crippen LogP contribution in [0.1, 0.15) is 12.5 Å². The first-order chi connectivity index (χ1) is 14.6. The molecule has 30 heavy (non-hydrogen) atoms. The summed E-state index contributed by atoms with van der Waals surface area (Å²) in [6, 6.07) is 8.03. The van der Waals surface area contributed by atoms with Gasteiger partial charge in [-0.25, -0.2) is 0 Å². The first-order valence-electron chi connectivity index (χ1n) is 9.91. The summed E-state index contributed by atoms with van der Waals surface area (Å²) in [5.74, 6) is 1.87. The van der Waals surface area contributed by atoms with E-state index in [0.29, 0.717) is 27.9 Å². The SMILES string of the molecule is C=CCN1C(=O)C(=Cc2c(N3CCSCC3)c3ccccc3n(CC)c2=O)SC1=S. The molecular formula is C22H23N3O2S3. The van der Waals surface area contributed by atoms with Crippen LogP contribution in [-0.4, -0.2) is 50.8 Å². The van der Waals surface area contributed by atoms with E-state index in [2.05, 4.69) is 17.5 Å². The number of para-hydroxylation sites is 1. The maximum absolute atomic E-state index is 13.6. The molecule has 0 atom stereocenters. The van der Waals surface area contributed by atoms with E-state index in [4.69, 9.17) is 12.2 Å². The van der Waals surface area contributed by atoms with Gasteiger partial charge < -0.3 is 9.47 Å². The van der Waals surface area contributed by atoms with E-state index in [0.717, 1.165) is 41.2 Å². The number of thiocarbonyl (C=S) groups is 1. The van der Waals surface area contributed by atoms with E-state index in [9.17, 15) is 9.59 Å². The lowest BCUT2D eigenvalue weighted by molar-refractivity contribution is -0.121. The van der Waals surface area contributed by atoms with Gasteiger partial charge in [-0.1, -0.05) is 48.3 Å². The van der Waals surface area contributed by atoms with Gasteiger partial charge in [-0.3, -0.25) is 14.5 Å². The van der Waals surface area contributed by atoms with Gasteiger partial charge in [0.15, 0.2) is 0 Å². The fraction of sp³-hybridized carbons (Fsp3) is 0.318. The van der Waals surface area contributed by atoms with Crippen molar-refractivity contribution < 1.29 is 4.79 Å². The minimum atomic E-state index is -0.166. The van der Waals surface area contributed by atoms with Gasteiger partial charge in [0.05, 0.1) is 21.7 Å². The van der Waals surface area contributed by atoms with Crippen molar-refractivity contribution in [3.05, 3.63) is 57.7 Å². The normalized spacial score (nSPS) is 18.6. The summed E-state index contributed by atoms with van der Waals surface area (Å²) in [6.45, 7) is 8.36. The molecule has 3 heterocycles. The number of amides is 1. The average molecular weight is 458 g/mol. The largest absolute Gasteiger partial charge is 0.369 e. The Hall–Kier alpha value is -2.03. The number of pyridine rings is 1. The lowest BCUT2D eigenvalue weighted by atomic mass is 10.1. The van der Waals surface area contributed by atoms with Gasteiger partial charge in [0, 0.05) is 43.1 Å². The minimum absolute atomic E-state index is 0.0709. The lowest BCUT2D eigenvalue weighted by Gasteiger charge is -2.31. The summed E-state index contributed by atoms with van der Waals surface area (Å²) in [6.07, 6.45) is 3.41. The molecule has 2 aliphatic rings. The number of anilines is 1. The van der Waals surface area contributed by atoms with Crippen molar-refractivity contribution in [3.63, 3.8) is 0 Å². The molecule has 2 saturated heterocycles. The van der Waals surface area contributed by atoms with Gasteiger partial charge in [0.25, 0.3) is 11.5 Å². The third-order valence-corrected chi connectivity index (χ3v) is 7.61. The maximum atomic E-state index is 13.6. The molecule has 156 valence electrons. The summed E-state index contributed by atoms with van der Waals surface area (Å²) in [5.41, 5.74) is 2.35. The molecule has 0 unspecified atom stereocenters. The standard InChI is InChI=1S/C22H23N3O2S3/c1-3-9-25-21(27)18(30-22(25)28)14-16-19(23-10-12-29-13-11-23)15-7-5-6-8-17(15)24(4-2)20(16)26/h3,5-8,14H,1,4,9-13H2,2H3. The Morgan fingerprint density at radius 3 is 2.63 bits per heavy atom. The van der Waals surface area contributed by atoms with E-state index < -0.39 is 0 Å². The predicted molar refractivity (Wildman–Crippen MR) is 133 cm³/mol. The Balaban J connectivity index is 1.96. The number of fused-ring (bicyclic) bond motifs is 1. The molecule has 0 radical (unpaired) electrons. The highest BCUT2D eigenvalue weighted by molar-refractivity contribution is 8.26. The van der Waals surface area contributed by atoms with E-state index in [1.54, 1.807) is 16.7 Å². The zero-order valence-corrected chi connectivity index (χ0v) is 19.2. The molecule has 5 nitrogen and oxygen atoms in total. The topological polar surface area (TPSA) is 45.6 Å². The number of benzene rings is 1. The summed E-state index contributed by atoms with van der Waals surface area (Å²) in [4.78, 5) is 30.8. The van der Waals surface area contributed by atoms with E-state index in [1.165, 1.54) is 16.7 Å².